The van der Waals surface area contributed by atoms with Gasteiger partial charge in [-0.3, -0.25) is 4.79 Å². The topological polar surface area (TPSA) is 20.3 Å². The van der Waals surface area contributed by atoms with Crippen molar-refractivity contribution in [1.29, 1.82) is 0 Å². The second-order valence-corrected chi connectivity index (χ2v) is 5.63. The molecule has 0 N–H and O–H groups in total. The van der Waals surface area contributed by atoms with Crippen LogP contribution >= 0.6 is 0 Å². The van der Waals surface area contributed by atoms with Crippen molar-refractivity contribution in [1.82, 2.24) is 4.90 Å². The SMILES string of the molecule is CC(=O)N1CCC(/C=C\C2CCCCC2)CC1. The van der Waals surface area contributed by atoms with Gasteiger partial charge in [-0.2, -0.15) is 0 Å². The van der Waals surface area contributed by atoms with Crippen molar-refractivity contribution in [3.8, 4) is 0 Å². The molecule has 1 saturated heterocycles. The zero-order chi connectivity index (χ0) is 12.1. The average Bonchev–Trinajstić information content (AvgIpc) is 2.38. The lowest BCUT2D eigenvalue weighted by Crippen LogP contribution is -2.36. The number of likely N-dealkylation sites (tertiary alicyclic amines) is 1. The van der Waals surface area contributed by atoms with Crippen LogP contribution in [0.25, 0.3) is 0 Å². The molecule has 0 bridgehead atoms. The van der Waals surface area contributed by atoms with Crippen LogP contribution in [0.15, 0.2) is 12.2 Å². The predicted molar refractivity (Wildman–Crippen MR) is 70.7 cm³/mol. The summed E-state index contributed by atoms with van der Waals surface area (Å²) in [6.45, 7) is 3.59. The molecule has 2 rings (SSSR count). The lowest BCUT2D eigenvalue weighted by Gasteiger charge is -2.30. The molecule has 1 amide bonds. The van der Waals surface area contributed by atoms with Crippen LogP contribution in [0.5, 0.6) is 0 Å². The molecule has 0 atom stereocenters. The fourth-order valence-electron chi connectivity index (χ4n) is 3.05. The van der Waals surface area contributed by atoms with Crippen LogP contribution in [0, 0.1) is 11.8 Å². The molecule has 96 valence electrons. The van der Waals surface area contributed by atoms with Crippen LogP contribution in [0.4, 0.5) is 0 Å². The molecular formula is C15H25NO. The zero-order valence-electron chi connectivity index (χ0n) is 11.0. The summed E-state index contributed by atoms with van der Waals surface area (Å²) in [7, 11) is 0. The molecule has 2 nitrogen and oxygen atoms in total. The molecule has 2 aliphatic rings. The van der Waals surface area contributed by atoms with E-state index in [1.54, 1.807) is 6.92 Å². The number of allylic oxidation sites excluding steroid dienone is 2. The van der Waals surface area contributed by atoms with Crippen molar-refractivity contribution >= 4 is 5.91 Å². The zero-order valence-corrected chi connectivity index (χ0v) is 11.0. The standard InChI is InChI=1S/C15H25NO/c1-13(17)16-11-9-15(10-12-16)8-7-14-5-3-2-4-6-14/h7-8,14-15H,2-6,9-12H2,1H3/b8-7-. The van der Waals surface area contributed by atoms with Crippen molar-refractivity contribution in [2.75, 3.05) is 13.1 Å². The monoisotopic (exact) mass is 235 g/mol. The van der Waals surface area contributed by atoms with Gasteiger partial charge in [-0.15, -0.1) is 0 Å². The van der Waals surface area contributed by atoms with Gasteiger partial charge in [-0.25, -0.2) is 0 Å². The first-order chi connectivity index (χ1) is 8.25. The highest BCUT2D eigenvalue weighted by Crippen LogP contribution is 2.26. The first kappa shape index (κ1) is 12.7. The summed E-state index contributed by atoms with van der Waals surface area (Å²) in [5.41, 5.74) is 0. The van der Waals surface area contributed by atoms with E-state index in [0.29, 0.717) is 5.92 Å². The third-order valence-electron chi connectivity index (χ3n) is 4.29. The molecule has 0 radical (unpaired) electrons. The molecule has 2 heteroatoms. The van der Waals surface area contributed by atoms with Gasteiger partial charge in [0.15, 0.2) is 0 Å². The summed E-state index contributed by atoms with van der Waals surface area (Å²) in [6.07, 6.45) is 14.3. The van der Waals surface area contributed by atoms with Gasteiger partial charge in [0.25, 0.3) is 0 Å². The minimum atomic E-state index is 0.236. The second-order valence-electron chi connectivity index (χ2n) is 5.63. The largest absolute Gasteiger partial charge is 0.343 e. The highest BCUT2D eigenvalue weighted by Gasteiger charge is 2.19. The van der Waals surface area contributed by atoms with Crippen LogP contribution in [-0.4, -0.2) is 23.9 Å². The Morgan fingerprint density at radius 3 is 2.00 bits per heavy atom. The first-order valence-corrected chi connectivity index (χ1v) is 7.19. The van der Waals surface area contributed by atoms with Crippen molar-refractivity contribution in [2.24, 2.45) is 11.8 Å². The molecule has 1 saturated carbocycles. The van der Waals surface area contributed by atoms with Gasteiger partial charge in [0.1, 0.15) is 0 Å². The summed E-state index contributed by atoms with van der Waals surface area (Å²) in [6, 6.07) is 0. The van der Waals surface area contributed by atoms with Crippen molar-refractivity contribution in [2.45, 2.75) is 51.9 Å². The van der Waals surface area contributed by atoms with Gasteiger partial charge in [-0.05, 0) is 37.5 Å². The summed E-state index contributed by atoms with van der Waals surface area (Å²) in [5, 5.41) is 0. The Morgan fingerprint density at radius 1 is 0.941 bits per heavy atom. The number of rotatable bonds is 2. The lowest BCUT2D eigenvalue weighted by atomic mass is 9.87. The van der Waals surface area contributed by atoms with E-state index in [0.717, 1.165) is 31.8 Å². The lowest BCUT2D eigenvalue weighted by molar-refractivity contribution is -0.129. The molecule has 17 heavy (non-hydrogen) atoms. The third kappa shape index (κ3) is 3.86. The Labute approximate surface area is 105 Å². The molecule has 0 spiro atoms. The van der Waals surface area contributed by atoms with Crippen LogP contribution in [-0.2, 0) is 4.79 Å². The number of nitrogens with zero attached hydrogens (tertiary/aromatic N) is 1. The van der Waals surface area contributed by atoms with Gasteiger partial charge < -0.3 is 4.90 Å². The molecule has 2 fully saturated rings. The quantitative estimate of drug-likeness (QED) is 0.672. The van der Waals surface area contributed by atoms with Gasteiger partial charge >= 0.3 is 0 Å². The van der Waals surface area contributed by atoms with E-state index in [2.05, 4.69) is 12.2 Å². The maximum Gasteiger partial charge on any atom is 0.219 e. The number of piperidine rings is 1. The van der Waals surface area contributed by atoms with Crippen molar-refractivity contribution < 1.29 is 4.79 Å². The van der Waals surface area contributed by atoms with E-state index in [1.807, 2.05) is 4.90 Å². The Morgan fingerprint density at radius 2 is 1.47 bits per heavy atom. The summed E-state index contributed by atoms with van der Waals surface area (Å²) < 4.78 is 0. The number of amides is 1. The van der Waals surface area contributed by atoms with E-state index >= 15 is 0 Å². The number of hydrogen-bond acceptors (Lipinski definition) is 1. The van der Waals surface area contributed by atoms with Gasteiger partial charge in [-0.1, -0.05) is 31.4 Å². The molecule has 1 aliphatic carbocycles. The molecule has 0 aromatic rings. The Balaban J connectivity index is 1.73. The van der Waals surface area contributed by atoms with Crippen LogP contribution in [0.3, 0.4) is 0 Å². The maximum atomic E-state index is 11.2. The molecule has 1 aliphatic heterocycles. The summed E-state index contributed by atoms with van der Waals surface area (Å²) in [4.78, 5) is 13.2. The third-order valence-corrected chi connectivity index (χ3v) is 4.29. The second kappa shape index (κ2) is 6.23. The summed E-state index contributed by atoms with van der Waals surface area (Å²) >= 11 is 0. The highest BCUT2D eigenvalue weighted by molar-refractivity contribution is 5.73. The minimum absolute atomic E-state index is 0.236. The number of hydrogen-bond donors (Lipinski definition) is 0. The highest BCUT2D eigenvalue weighted by atomic mass is 16.2. The van der Waals surface area contributed by atoms with Crippen LogP contribution in [0.2, 0.25) is 0 Å². The van der Waals surface area contributed by atoms with E-state index in [9.17, 15) is 4.79 Å². The van der Waals surface area contributed by atoms with Gasteiger partial charge in [0.2, 0.25) is 5.91 Å². The van der Waals surface area contributed by atoms with E-state index in [1.165, 1.54) is 32.1 Å². The van der Waals surface area contributed by atoms with E-state index in [-0.39, 0.29) is 5.91 Å². The molecule has 0 aromatic carbocycles. The Hall–Kier alpha value is -0.790. The maximum absolute atomic E-state index is 11.2. The number of carbonyl (C=O) groups is 1. The number of carbonyl (C=O) groups excluding carboxylic acids is 1. The molecule has 0 unspecified atom stereocenters. The molecule has 1 heterocycles. The fraction of sp³-hybridized carbons (Fsp3) is 0.800. The van der Waals surface area contributed by atoms with Gasteiger partial charge in [0.05, 0.1) is 0 Å². The average molecular weight is 235 g/mol. The fourth-order valence-corrected chi connectivity index (χ4v) is 3.05. The Bertz CT molecular complexity index is 271. The van der Waals surface area contributed by atoms with Crippen molar-refractivity contribution in [3.63, 3.8) is 0 Å². The molecule has 0 aromatic heterocycles. The van der Waals surface area contributed by atoms with E-state index in [4.69, 9.17) is 0 Å². The first-order valence-electron chi connectivity index (χ1n) is 7.19. The predicted octanol–water partition coefficient (Wildman–Crippen LogP) is 3.38. The van der Waals surface area contributed by atoms with Crippen molar-refractivity contribution in [3.05, 3.63) is 12.2 Å². The van der Waals surface area contributed by atoms with Crippen LogP contribution in [0.1, 0.15) is 51.9 Å². The normalized spacial score (nSPS) is 24.4. The minimum Gasteiger partial charge on any atom is -0.343 e. The van der Waals surface area contributed by atoms with Gasteiger partial charge in [0, 0.05) is 20.0 Å². The Kier molecular flexibility index (Phi) is 4.64. The van der Waals surface area contributed by atoms with Crippen LogP contribution < -0.4 is 0 Å². The smallest absolute Gasteiger partial charge is 0.219 e. The molecular weight excluding hydrogens is 210 g/mol. The summed E-state index contributed by atoms with van der Waals surface area (Å²) in [5.74, 6) is 1.79. The van der Waals surface area contributed by atoms with E-state index < -0.39 is 0 Å².